The van der Waals surface area contributed by atoms with Crippen molar-refractivity contribution < 1.29 is 9.53 Å². The lowest BCUT2D eigenvalue weighted by Gasteiger charge is -2.12. The molecule has 19 heavy (non-hydrogen) atoms. The lowest BCUT2D eigenvalue weighted by molar-refractivity contribution is 0.0456. The monoisotopic (exact) mass is 252 g/mol. The van der Waals surface area contributed by atoms with E-state index >= 15 is 0 Å². The maximum atomic E-state index is 11.8. The largest absolute Gasteiger partial charge is 0.449 e. The van der Waals surface area contributed by atoms with Crippen molar-refractivity contribution in [1.82, 2.24) is 0 Å². The summed E-state index contributed by atoms with van der Waals surface area (Å²) in [6.07, 6.45) is -0.259. The van der Waals surface area contributed by atoms with E-state index in [-0.39, 0.29) is 12.1 Å². The fourth-order valence-electron chi connectivity index (χ4n) is 2.45. The summed E-state index contributed by atoms with van der Waals surface area (Å²) >= 11 is 0. The van der Waals surface area contributed by atoms with Crippen molar-refractivity contribution >= 4 is 5.97 Å². The molecule has 2 aromatic carbocycles. The lowest BCUT2D eigenvalue weighted by Crippen LogP contribution is -2.01. The van der Waals surface area contributed by atoms with Crippen LogP contribution in [0.15, 0.2) is 48.5 Å². The van der Waals surface area contributed by atoms with Crippen molar-refractivity contribution in [3.8, 4) is 0 Å². The molecule has 0 aromatic heterocycles. The predicted octanol–water partition coefficient (Wildman–Crippen LogP) is 4.07. The summed E-state index contributed by atoms with van der Waals surface area (Å²) in [5.74, 6) is 0.279. The average molecular weight is 252 g/mol. The van der Waals surface area contributed by atoms with Gasteiger partial charge in [0.05, 0.1) is 5.56 Å². The Morgan fingerprint density at radius 2 is 1.68 bits per heavy atom. The highest BCUT2D eigenvalue weighted by molar-refractivity contribution is 5.94. The standard InChI is InChI=1S/C17H16O2/c1-11(2)12-7-9-13(10-8-12)16-14-5-3-4-6-15(14)17(18)19-16/h3-11,16H,1-2H3/t16-/m0/s1. The average Bonchev–Trinajstić information content (AvgIpc) is 2.77. The Hall–Kier alpha value is -2.09. The number of fused-ring (bicyclic) bond motifs is 1. The predicted molar refractivity (Wildman–Crippen MR) is 74.2 cm³/mol. The quantitative estimate of drug-likeness (QED) is 0.753. The maximum absolute atomic E-state index is 11.8. The van der Waals surface area contributed by atoms with Gasteiger partial charge in [0.25, 0.3) is 0 Å². The number of carbonyl (C=O) groups excluding carboxylic acids is 1. The van der Waals surface area contributed by atoms with Crippen molar-refractivity contribution in [3.05, 3.63) is 70.8 Å². The van der Waals surface area contributed by atoms with Crippen molar-refractivity contribution in [2.45, 2.75) is 25.9 Å². The highest BCUT2D eigenvalue weighted by Gasteiger charge is 2.31. The van der Waals surface area contributed by atoms with Crippen LogP contribution < -0.4 is 0 Å². The molecular weight excluding hydrogens is 236 g/mol. The molecule has 0 bridgehead atoms. The summed E-state index contributed by atoms with van der Waals surface area (Å²) in [6.45, 7) is 4.33. The second-order valence-electron chi connectivity index (χ2n) is 5.19. The molecule has 2 heteroatoms. The van der Waals surface area contributed by atoms with Crippen molar-refractivity contribution in [1.29, 1.82) is 0 Å². The third-order valence-corrected chi connectivity index (χ3v) is 3.59. The van der Waals surface area contributed by atoms with Crippen LogP contribution in [0.5, 0.6) is 0 Å². The van der Waals surface area contributed by atoms with Crippen molar-refractivity contribution in [2.24, 2.45) is 0 Å². The minimum Gasteiger partial charge on any atom is -0.449 e. The third-order valence-electron chi connectivity index (χ3n) is 3.59. The molecule has 0 saturated carbocycles. The summed E-state index contributed by atoms with van der Waals surface area (Å²) < 4.78 is 5.48. The zero-order valence-corrected chi connectivity index (χ0v) is 11.1. The minimum absolute atomic E-state index is 0.228. The number of carbonyl (C=O) groups is 1. The molecular formula is C17H16O2. The van der Waals surface area contributed by atoms with Gasteiger partial charge in [0, 0.05) is 5.56 Å². The molecule has 0 N–H and O–H groups in total. The summed E-state index contributed by atoms with van der Waals surface area (Å²) in [6, 6.07) is 15.9. The molecule has 96 valence electrons. The van der Waals surface area contributed by atoms with E-state index in [9.17, 15) is 4.79 Å². The van der Waals surface area contributed by atoms with Gasteiger partial charge in [-0.15, -0.1) is 0 Å². The second-order valence-corrected chi connectivity index (χ2v) is 5.19. The molecule has 1 aliphatic rings. The lowest BCUT2D eigenvalue weighted by atomic mass is 9.96. The van der Waals surface area contributed by atoms with Crippen LogP contribution in [0.4, 0.5) is 0 Å². The van der Waals surface area contributed by atoms with E-state index in [1.54, 1.807) is 0 Å². The molecule has 0 aliphatic carbocycles. The Balaban J connectivity index is 1.98. The zero-order chi connectivity index (χ0) is 13.4. The number of esters is 1. The topological polar surface area (TPSA) is 26.3 Å². The van der Waals surface area contributed by atoms with E-state index < -0.39 is 0 Å². The van der Waals surface area contributed by atoms with Gasteiger partial charge < -0.3 is 4.74 Å². The van der Waals surface area contributed by atoms with E-state index in [1.165, 1.54) is 5.56 Å². The number of ether oxygens (including phenoxy) is 1. The van der Waals surface area contributed by atoms with Crippen molar-refractivity contribution in [2.75, 3.05) is 0 Å². The molecule has 0 radical (unpaired) electrons. The van der Waals surface area contributed by atoms with Crippen LogP contribution in [-0.2, 0) is 4.74 Å². The first kappa shape index (κ1) is 12.0. The summed E-state index contributed by atoms with van der Waals surface area (Å²) in [5.41, 5.74) is 3.97. The summed E-state index contributed by atoms with van der Waals surface area (Å²) in [4.78, 5) is 11.8. The molecule has 3 rings (SSSR count). The fourth-order valence-corrected chi connectivity index (χ4v) is 2.45. The van der Waals surface area contributed by atoms with Gasteiger partial charge in [-0.25, -0.2) is 4.79 Å². The van der Waals surface area contributed by atoms with Crippen LogP contribution in [0.2, 0.25) is 0 Å². The molecule has 1 atom stereocenters. The molecule has 0 unspecified atom stereocenters. The fraction of sp³-hybridized carbons (Fsp3) is 0.235. The minimum atomic E-state index is -0.259. The highest BCUT2D eigenvalue weighted by atomic mass is 16.5. The zero-order valence-electron chi connectivity index (χ0n) is 11.1. The van der Waals surface area contributed by atoms with Crippen LogP contribution in [0, 0.1) is 0 Å². The molecule has 2 aromatic rings. The van der Waals surface area contributed by atoms with Gasteiger partial charge >= 0.3 is 5.97 Å². The van der Waals surface area contributed by atoms with Gasteiger partial charge in [0.15, 0.2) is 6.10 Å². The molecule has 0 spiro atoms. The Bertz CT molecular complexity index is 611. The van der Waals surface area contributed by atoms with Gasteiger partial charge in [-0.05, 0) is 23.1 Å². The Kier molecular flexibility index (Phi) is 2.86. The first-order valence-electron chi connectivity index (χ1n) is 6.56. The molecule has 0 amide bonds. The van der Waals surface area contributed by atoms with E-state index in [2.05, 4.69) is 38.1 Å². The van der Waals surface area contributed by atoms with Crippen LogP contribution in [-0.4, -0.2) is 5.97 Å². The van der Waals surface area contributed by atoms with Crippen LogP contribution in [0.3, 0.4) is 0 Å². The van der Waals surface area contributed by atoms with E-state index in [0.717, 1.165) is 11.1 Å². The summed E-state index contributed by atoms with van der Waals surface area (Å²) in [5, 5.41) is 0. The summed E-state index contributed by atoms with van der Waals surface area (Å²) in [7, 11) is 0. The molecule has 0 saturated heterocycles. The first-order valence-corrected chi connectivity index (χ1v) is 6.56. The normalized spacial score (nSPS) is 17.4. The molecule has 1 aliphatic heterocycles. The second kappa shape index (κ2) is 4.54. The molecule has 2 nitrogen and oxygen atoms in total. The van der Waals surface area contributed by atoms with Gasteiger partial charge in [-0.1, -0.05) is 56.3 Å². The Morgan fingerprint density at radius 3 is 2.37 bits per heavy atom. The Labute approximate surface area is 113 Å². The maximum Gasteiger partial charge on any atom is 0.339 e. The SMILES string of the molecule is CC(C)c1ccc([C@@H]2OC(=O)c3ccccc32)cc1. The third kappa shape index (κ3) is 2.03. The Morgan fingerprint density at radius 1 is 1.00 bits per heavy atom. The number of rotatable bonds is 2. The van der Waals surface area contributed by atoms with Gasteiger partial charge in [0.1, 0.15) is 0 Å². The number of cyclic esters (lactones) is 1. The van der Waals surface area contributed by atoms with Gasteiger partial charge in [-0.3, -0.25) is 0 Å². The number of hydrogen-bond acceptors (Lipinski definition) is 2. The van der Waals surface area contributed by atoms with Crippen molar-refractivity contribution in [3.63, 3.8) is 0 Å². The number of hydrogen-bond donors (Lipinski definition) is 0. The number of benzene rings is 2. The van der Waals surface area contributed by atoms with Crippen LogP contribution in [0.1, 0.15) is 52.9 Å². The molecule has 0 fully saturated rings. The smallest absolute Gasteiger partial charge is 0.339 e. The van der Waals surface area contributed by atoms with Crippen LogP contribution in [0.25, 0.3) is 0 Å². The van der Waals surface area contributed by atoms with E-state index in [0.29, 0.717) is 11.5 Å². The van der Waals surface area contributed by atoms with Gasteiger partial charge in [-0.2, -0.15) is 0 Å². The van der Waals surface area contributed by atoms with E-state index in [4.69, 9.17) is 4.74 Å². The molecule has 1 heterocycles. The highest BCUT2D eigenvalue weighted by Crippen LogP contribution is 2.35. The van der Waals surface area contributed by atoms with Gasteiger partial charge in [0.2, 0.25) is 0 Å². The van der Waals surface area contributed by atoms with E-state index in [1.807, 2.05) is 24.3 Å². The first-order chi connectivity index (χ1) is 9.16. The van der Waals surface area contributed by atoms with Crippen LogP contribution >= 0.6 is 0 Å².